The van der Waals surface area contributed by atoms with Gasteiger partial charge in [0.2, 0.25) is 0 Å². The average Bonchev–Trinajstić information content (AvgIpc) is 3.09. The van der Waals surface area contributed by atoms with Crippen LogP contribution in [0.2, 0.25) is 0 Å². The average molecular weight is 430 g/mol. The predicted molar refractivity (Wildman–Crippen MR) is 95.9 cm³/mol. The molecule has 0 bridgehead atoms. The van der Waals surface area contributed by atoms with Crippen molar-refractivity contribution in [3.8, 4) is 18.2 Å². The van der Waals surface area contributed by atoms with E-state index < -0.39 is 17.6 Å². The van der Waals surface area contributed by atoms with Crippen LogP contribution in [0.1, 0.15) is 17.0 Å². The molecule has 3 rings (SSSR count). The van der Waals surface area contributed by atoms with Gasteiger partial charge in [0.25, 0.3) is 5.91 Å². The van der Waals surface area contributed by atoms with E-state index in [4.69, 9.17) is 10.5 Å². The van der Waals surface area contributed by atoms with E-state index in [0.29, 0.717) is 0 Å². The summed E-state index contributed by atoms with van der Waals surface area (Å²) in [5.74, 6) is -0.907. The van der Waals surface area contributed by atoms with Crippen molar-refractivity contribution in [2.24, 2.45) is 0 Å². The van der Waals surface area contributed by atoms with Crippen LogP contribution in [0.5, 0.6) is 0 Å². The van der Waals surface area contributed by atoms with Crippen LogP contribution >= 0.6 is 23.5 Å². The summed E-state index contributed by atoms with van der Waals surface area (Å²) >= 11 is 1.82. The third-order valence-electron chi connectivity index (χ3n) is 3.42. The number of hydrogen-bond donors (Lipinski definition) is 1. The number of rotatable bonds is 2. The molecule has 7 nitrogen and oxygen atoms in total. The van der Waals surface area contributed by atoms with Crippen molar-refractivity contribution in [3.05, 3.63) is 51.0 Å². The lowest BCUT2D eigenvalue weighted by molar-refractivity contribution is -0.137. The van der Waals surface area contributed by atoms with E-state index in [1.807, 2.05) is 0 Å². The molecule has 1 aromatic carbocycles. The minimum absolute atomic E-state index is 0.126. The number of amides is 1. The van der Waals surface area contributed by atoms with Crippen LogP contribution in [-0.2, 0) is 11.0 Å². The van der Waals surface area contributed by atoms with Crippen LogP contribution in [-0.4, -0.2) is 15.9 Å². The first-order valence-corrected chi connectivity index (χ1v) is 9.11. The van der Waals surface area contributed by atoms with Gasteiger partial charge in [-0.1, -0.05) is 29.6 Å². The van der Waals surface area contributed by atoms with Gasteiger partial charge in [0.1, 0.15) is 33.8 Å². The quantitative estimate of drug-likeness (QED) is 0.563. The second-order valence-electron chi connectivity index (χ2n) is 5.27. The van der Waals surface area contributed by atoms with Crippen LogP contribution in [0.25, 0.3) is 0 Å². The smallest absolute Gasteiger partial charge is 0.321 e. The van der Waals surface area contributed by atoms with E-state index in [1.165, 1.54) is 6.07 Å². The second-order valence-corrected chi connectivity index (χ2v) is 7.52. The number of carbonyl (C=O) groups excluding carboxylic acids is 1. The zero-order valence-corrected chi connectivity index (χ0v) is 15.5. The molecular formula is C17H5F3N6OS2. The Hall–Kier alpha value is -3.53. The van der Waals surface area contributed by atoms with Crippen molar-refractivity contribution in [2.75, 3.05) is 5.32 Å². The van der Waals surface area contributed by atoms with Crippen molar-refractivity contribution in [3.63, 3.8) is 0 Å². The summed E-state index contributed by atoms with van der Waals surface area (Å²) in [6.45, 7) is 0. The molecule has 2 aromatic rings. The van der Waals surface area contributed by atoms with E-state index in [0.717, 1.165) is 41.7 Å². The van der Waals surface area contributed by atoms with Crippen LogP contribution in [0.4, 0.5) is 18.9 Å². The number of benzene rings is 1. The monoisotopic (exact) mass is 430 g/mol. The van der Waals surface area contributed by atoms with Crippen LogP contribution in [0, 0.1) is 34.0 Å². The molecule has 0 unspecified atom stereocenters. The molecule has 12 heteroatoms. The number of nitrogens with zero attached hydrogens (tertiary/aromatic N) is 5. The molecule has 1 aliphatic rings. The van der Waals surface area contributed by atoms with Gasteiger partial charge < -0.3 is 5.32 Å². The Kier molecular flexibility index (Phi) is 5.46. The van der Waals surface area contributed by atoms with Gasteiger partial charge in [0.15, 0.2) is 11.4 Å². The summed E-state index contributed by atoms with van der Waals surface area (Å²) in [5, 5.41) is 30.2. The zero-order chi connectivity index (χ0) is 21.2. The molecule has 0 aliphatic carbocycles. The van der Waals surface area contributed by atoms with Gasteiger partial charge in [0.05, 0.1) is 9.80 Å². The summed E-state index contributed by atoms with van der Waals surface area (Å²) in [5.41, 5.74) is -1.80. The van der Waals surface area contributed by atoms with Crippen molar-refractivity contribution in [1.29, 1.82) is 15.8 Å². The van der Waals surface area contributed by atoms with Gasteiger partial charge in [-0.15, -0.1) is 0 Å². The van der Waals surface area contributed by atoms with E-state index in [2.05, 4.69) is 15.3 Å². The summed E-state index contributed by atoms with van der Waals surface area (Å²) in [7, 11) is 0. The molecular weight excluding hydrogens is 425 g/mol. The van der Waals surface area contributed by atoms with Crippen molar-refractivity contribution < 1.29 is 18.0 Å². The number of aromatic nitrogens is 2. The van der Waals surface area contributed by atoms with Gasteiger partial charge >= 0.3 is 6.18 Å². The number of thioether (sulfide) groups is 2. The highest BCUT2D eigenvalue weighted by atomic mass is 32.2. The molecule has 0 atom stereocenters. The Morgan fingerprint density at radius 3 is 2.10 bits per heavy atom. The van der Waals surface area contributed by atoms with Crippen LogP contribution in [0.15, 0.2) is 44.1 Å². The lowest BCUT2D eigenvalue weighted by Gasteiger charge is -2.10. The highest BCUT2D eigenvalue weighted by Crippen LogP contribution is 2.50. The molecule has 1 aromatic heterocycles. The first kappa shape index (κ1) is 20.2. The van der Waals surface area contributed by atoms with Gasteiger partial charge in [-0.3, -0.25) is 4.79 Å². The Bertz CT molecular complexity index is 1140. The van der Waals surface area contributed by atoms with Gasteiger partial charge in [-0.05, 0) is 18.2 Å². The Balaban J connectivity index is 1.89. The molecule has 1 amide bonds. The maximum Gasteiger partial charge on any atom is 0.416 e. The molecule has 0 fully saturated rings. The number of nitrogens with one attached hydrogen (secondary N) is 1. The number of nitriles is 3. The van der Waals surface area contributed by atoms with E-state index >= 15 is 0 Å². The SMILES string of the molecule is N#CC(C(=O)Nc1cccc(C(F)(F)F)c1)=C1Sc2nc(C#N)c(C#N)nc2S1. The van der Waals surface area contributed by atoms with Crippen molar-refractivity contribution in [2.45, 2.75) is 16.2 Å². The maximum atomic E-state index is 12.8. The first-order valence-electron chi connectivity index (χ1n) is 7.47. The molecule has 0 saturated heterocycles. The molecule has 1 aliphatic heterocycles. The van der Waals surface area contributed by atoms with Crippen molar-refractivity contribution >= 4 is 35.1 Å². The second kappa shape index (κ2) is 7.84. The number of carbonyl (C=O) groups is 1. The van der Waals surface area contributed by atoms with E-state index in [9.17, 15) is 23.2 Å². The first-order chi connectivity index (χ1) is 13.8. The molecule has 0 radical (unpaired) electrons. The Labute approximate surface area is 169 Å². The Morgan fingerprint density at radius 2 is 1.62 bits per heavy atom. The van der Waals surface area contributed by atoms with Crippen molar-refractivity contribution in [1.82, 2.24) is 9.97 Å². The minimum atomic E-state index is -4.58. The highest BCUT2D eigenvalue weighted by molar-refractivity contribution is 8.24. The Morgan fingerprint density at radius 1 is 1.03 bits per heavy atom. The number of halogens is 3. The highest BCUT2D eigenvalue weighted by Gasteiger charge is 2.31. The maximum absolute atomic E-state index is 12.8. The van der Waals surface area contributed by atoms with Crippen LogP contribution < -0.4 is 5.32 Å². The number of anilines is 1. The molecule has 29 heavy (non-hydrogen) atoms. The summed E-state index contributed by atoms with van der Waals surface area (Å²) < 4.78 is 38.6. The fraction of sp³-hybridized carbons (Fsp3) is 0.0588. The lowest BCUT2D eigenvalue weighted by atomic mass is 10.2. The summed E-state index contributed by atoms with van der Waals surface area (Å²) in [6, 6.07) is 9.19. The molecule has 0 spiro atoms. The van der Waals surface area contributed by atoms with E-state index in [1.54, 1.807) is 18.2 Å². The molecule has 0 saturated carbocycles. The minimum Gasteiger partial charge on any atom is -0.321 e. The topological polar surface area (TPSA) is 126 Å². The summed E-state index contributed by atoms with van der Waals surface area (Å²) in [6.07, 6.45) is -4.58. The number of fused-ring (bicyclic) bond motifs is 1. The van der Waals surface area contributed by atoms with Crippen LogP contribution in [0.3, 0.4) is 0 Å². The normalized spacial score (nSPS) is 12.3. The van der Waals surface area contributed by atoms with E-state index in [-0.39, 0.29) is 36.9 Å². The number of alkyl halides is 3. The van der Waals surface area contributed by atoms with Gasteiger partial charge in [0, 0.05) is 5.69 Å². The number of hydrogen-bond acceptors (Lipinski definition) is 8. The predicted octanol–water partition coefficient (Wildman–Crippen LogP) is 3.81. The standard InChI is InChI=1S/C17H5F3N6OS2/c18-17(19,20)8-2-1-3-9(4-8)24-13(27)10(5-21)16-28-14-15(29-16)26-12(7-23)11(6-22)25-14/h1-4H,(H,24,27). The fourth-order valence-corrected chi connectivity index (χ4v) is 4.41. The molecule has 2 heterocycles. The fourth-order valence-electron chi connectivity index (χ4n) is 2.15. The zero-order valence-electron chi connectivity index (χ0n) is 13.9. The largest absolute Gasteiger partial charge is 0.416 e. The molecule has 1 N–H and O–H groups in total. The summed E-state index contributed by atoms with van der Waals surface area (Å²) in [4.78, 5) is 20.4. The molecule has 142 valence electrons. The van der Waals surface area contributed by atoms with Gasteiger partial charge in [-0.2, -0.15) is 29.0 Å². The third-order valence-corrected chi connectivity index (χ3v) is 5.78. The lowest BCUT2D eigenvalue weighted by Crippen LogP contribution is -2.15. The van der Waals surface area contributed by atoms with Gasteiger partial charge in [-0.25, -0.2) is 9.97 Å². The third kappa shape index (κ3) is 4.16.